The van der Waals surface area contributed by atoms with E-state index in [0.29, 0.717) is 16.9 Å². The fourth-order valence-corrected chi connectivity index (χ4v) is 6.78. The summed E-state index contributed by atoms with van der Waals surface area (Å²) in [6.07, 6.45) is 0. The molecule has 4 aromatic carbocycles. The van der Waals surface area contributed by atoms with Crippen LogP contribution < -0.4 is 4.90 Å². The molecule has 7 heteroatoms. The van der Waals surface area contributed by atoms with Crippen LogP contribution in [0.2, 0.25) is 0 Å². The van der Waals surface area contributed by atoms with Crippen molar-refractivity contribution in [2.75, 3.05) is 11.4 Å². The van der Waals surface area contributed by atoms with Gasteiger partial charge in [0, 0.05) is 22.4 Å². The number of halogens is 1. The Bertz CT molecular complexity index is 1520. The van der Waals surface area contributed by atoms with Gasteiger partial charge in [0.1, 0.15) is 0 Å². The van der Waals surface area contributed by atoms with Crippen molar-refractivity contribution in [1.82, 2.24) is 4.31 Å². The largest absolute Gasteiger partial charge is 0.280 e. The van der Waals surface area contributed by atoms with E-state index in [0.717, 1.165) is 15.6 Å². The number of sulfonamides is 1. The molecule has 0 N–H and O–H groups in total. The average Bonchev–Trinajstić information content (AvgIpc) is 3.28. The van der Waals surface area contributed by atoms with Crippen molar-refractivity contribution < 1.29 is 13.2 Å². The molecule has 1 saturated heterocycles. The second-order valence-corrected chi connectivity index (χ2v) is 12.1. The van der Waals surface area contributed by atoms with Crippen molar-refractivity contribution in [2.45, 2.75) is 17.9 Å². The Labute approximate surface area is 232 Å². The number of amides is 1. The van der Waals surface area contributed by atoms with Gasteiger partial charge in [-0.3, -0.25) is 9.69 Å². The first-order chi connectivity index (χ1) is 18.3. The first-order valence-electron chi connectivity index (χ1n) is 12.2. The highest BCUT2D eigenvalue weighted by Gasteiger charge is 2.49. The van der Waals surface area contributed by atoms with E-state index in [9.17, 15) is 13.2 Å². The predicted molar refractivity (Wildman–Crippen MR) is 155 cm³/mol. The summed E-state index contributed by atoms with van der Waals surface area (Å²) in [7, 11) is -3.93. The minimum absolute atomic E-state index is 0.0464. The second kappa shape index (κ2) is 10.7. The van der Waals surface area contributed by atoms with Crippen LogP contribution in [-0.2, 0) is 14.8 Å². The average molecular weight is 588 g/mol. The van der Waals surface area contributed by atoms with E-state index in [1.165, 1.54) is 4.31 Å². The summed E-state index contributed by atoms with van der Waals surface area (Å²) in [5.74, 6) is -1.03. The van der Waals surface area contributed by atoms with Crippen LogP contribution in [0.1, 0.15) is 17.2 Å². The number of rotatable bonds is 6. The van der Waals surface area contributed by atoms with Crippen molar-refractivity contribution in [1.29, 1.82) is 0 Å². The predicted octanol–water partition coefficient (Wildman–Crippen LogP) is 7.04. The molecule has 1 aliphatic heterocycles. The molecule has 1 amide bonds. The van der Waals surface area contributed by atoms with Crippen LogP contribution >= 0.6 is 15.9 Å². The highest BCUT2D eigenvalue weighted by molar-refractivity contribution is 9.10. The maximum atomic E-state index is 14.5. The zero-order chi connectivity index (χ0) is 26.9. The topological polar surface area (TPSA) is 57.7 Å². The Morgan fingerprint density at radius 2 is 1.37 bits per heavy atom. The molecule has 0 bridgehead atoms. The normalized spacial score (nSPS) is 17.9. The van der Waals surface area contributed by atoms with Crippen molar-refractivity contribution in [3.8, 4) is 0 Å². The van der Waals surface area contributed by atoms with Crippen molar-refractivity contribution >= 4 is 43.2 Å². The summed E-state index contributed by atoms with van der Waals surface area (Å²) in [6.45, 7) is 6.19. The van der Waals surface area contributed by atoms with Gasteiger partial charge in [-0.1, -0.05) is 88.7 Å². The number of hydrogen-bond donors (Lipinski definition) is 0. The molecular weight excluding hydrogens is 560 g/mol. The van der Waals surface area contributed by atoms with Crippen LogP contribution in [0.5, 0.6) is 0 Å². The first kappa shape index (κ1) is 26.1. The molecule has 0 aromatic heterocycles. The second-order valence-electron chi connectivity index (χ2n) is 9.34. The van der Waals surface area contributed by atoms with E-state index in [-0.39, 0.29) is 17.3 Å². The molecule has 0 unspecified atom stereocenters. The number of carbonyl (C=O) groups is 1. The Morgan fingerprint density at radius 3 is 1.89 bits per heavy atom. The zero-order valence-corrected chi connectivity index (χ0v) is 23.3. The number of hydrogen-bond acceptors (Lipinski definition) is 3. The number of nitrogens with zero attached hydrogens (tertiary/aromatic N) is 2. The summed E-state index contributed by atoms with van der Waals surface area (Å²) in [5.41, 5.74) is 3.64. The first-order valence-corrected chi connectivity index (χ1v) is 14.5. The molecule has 192 valence electrons. The van der Waals surface area contributed by atoms with Gasteiger partial charge in [0.05, 0.1) is 16.9 Å². The van der Waals surface area contributed by atoms with Gasteiger partial charge in [-0.15, -0.1) is 0 Å². The number of carbonyl (C=O) groups excluding carboxylic acids is 1. The van der Waals surface area contributed by atoms with E-state index >= 15 is 0 Å². The highest BCUT2D eigenvalue weighted by atomic mass is 79.9. The maximum Gasteiger partial charge on any atom is 0.243 e. The van der Waals surface area contributed by atoms with Gasteiger partial charge in [0.15, 0.2) is 0 Å². The Hall–Kier alpha value is -3.52. The highest BCUT2D eigenvalue weighted by Crippen LogP contribution is 2.45. The standard InChI is InChI=1S/C31H27BrN2O3S/c1-22-13-19-28(20-14-22)38(36,37)33-21-23(2)29(30(33)24-15-17-25(32)18-16-24)31(35)34(26-9-5-3-6-10-26)27-11-7-4-8-12-27/h3-20,29-30H,2,21H2,1H3/t29-,30+/m1/s1. The van der Waals surface area contributed by atoms with Gasteiger partial charge >= 0.3 is 0 Å². The molecule has 0 spiro atoms. The van der Waals surface area contributed by atoms with Crippen LogP contribution in [0.15, 0.2) is 131 Å². The summed E-state index contributed by atoms with van der Waals surface area (Å²) in [5, 5.41) is 0. The molecule has 5 rings (SSSR count). The molecule has 4 aromatic rings. The van der Waals surface area contributed by atoms with Crippen LogP contribution in [0.3, 0.4) is 0 Å². The van der Waals surface area contributed by atoms with E-state index in [4.69, 9.17) is 0 Å². The molecule has 0 radical (unpaired) electrons. The van der Waals surface area contributed by atoms with E-state index in [1.54, 1.807) is 29.2 Å². The quantitative estimate of drug-likeness (QED) is 0.228. The van der Waals surface area contributed by atoms with Crippen molar-refractivity contribution in [3.05, 3.63) is 137 Å². The van der Waals surface area contributed by atoms with E-state index < -0.39 is 22.0 Å². The summed E-state index contributed by atoms with van der Waals surface area (Å²) < 4.78 is 30.2. The third kappa shape index (κ3) is 4.97. The molecule has 1 heterocycles. The van der Waals surface area contributed by atoms with Gasteiger partial charge in [-0.2, -0.15) is 4.31 Å². The smallest absolute Gasteiger partial charge is 0.243 e. The lowest BCUT2D eigenvalue weighted by molar-refractivity contribution is -0.121. The number of anilines is 2. The number of aryl methyl sites for hydroxylation is 1. The molecule has 0 saturated carbocycles. The number of benzene rings is 4. The van der Waals surface area contributed by atoms with Crippen molar-refractivity contribution in [2.24, 2.45) is 5.92 Å². The van der Waals surface area contributed by atoms with E-state index in [1.807, 2.05) is 91.9 Å². The molecule has 2 atom stereocenters. The van der Waals surface area contributed by atoms with Gasteiger partial charge in [0.25, 0.3) is 0 Å². The molecule has 1 fully saturated rings. The Balaban J connectivity index is 1.64. The lowest BCUT2D eigenvalue weighted by Crippen LogP contribution is -2.38. The van der Waals surface area contributed by atoms with Crippen molar-refractivity contribution in [3.63, 3.8) is 0 Å². The number of para-hydroxylation sites is 2. The van der Waals surface area contributed by atoms with Crippen LogP contribution in [0.4, 0.5) is 11.4 Å². The minimum atomic E-state index is -3.93. The summed E-state index contributed by atoms with van der Waals surface area (Å²) in [4.78, 5) is 16.3. The molecule has 1 aliphatic rings. The lowest BCUT2D eigenvalue weighted by Gasteiger charge is -2.31. The summed E-state index contributed by atoms with van der Waals surface area (Å²) in [6, 6.07) is 32.3. The fraction of sp³-hybridized carbons (Fsp3) is 0.129. The van der Waals surface area contributed by atoms with Crippen LogP contribution in [-0.4, -0.2) is 25.2 Å². The monoisotopic (exact) mass is 586 g/mol. The van der Waals surface area contributed by atoms with Gasteiger partial charge in [0.2, 0.25) is 15.9 Å². The SMILES string of the molecule is C=C1CN(S(=O)(=O)c2ccc(C)cc2)[C@@H](c2ccc(Br)cc2)[C@@H]1C(=O)N(c1ccccc1)c1ccccc1. The third-order valence-corrected chi connectivity index (χ3v) is 9.15. The molecule has 5 nitrogen and oxygen atoms in total. The summed E-state index contributed by atoms with van der Waals surface area (Å²) >= 11 is 3.47. The minimum Gasteiger partial charge on any atom is -0.280 e. The van der Waals surface area contributed by atoms with Crippen LogP contribution in [0.25, 0.3) is 0 Å². The Morgan fingerprint density at radius 1 is 0.842 bits per heavy atom. The van der Waals surface area contributed by atoms with Crippen LogP contribution in [0, 0.1) is 12.8 Å². The van der Waals surface area contributed by atoms with Gasteiger partial charge < -0.3 is 0 Å². The van der Waals surface area contributed by atoms with Gasteiger partial charge in [-0.25, -0.2) is 8.42 Å². The fourth-order valence-electron chi connectivity index (χ4n) is 4.89. The zero-order valence-electron chi connectivity index (χ0n) is 20.9. The third-order valence-electron chi connectivity index (χ3n) is 6.78. The van der Waals surface area contributed by atoms with E-state index in [2.05, 4.69) is 22.5 Å². The maximum absolute atomic E-state index is 14.5. The van der Waals surface area contributed by atoms with Gasteiger partial charge in [-0.05, 0) is 66.6 Å². The Kier molecular flexibility index (Phi) is 7.34. The molecule has 0 aliphatic carbocycles. The molecular formula is C31H27BrN2O3S. The molecule has 38 heavy (non-hydrogen) atoms. The lowest BCUT2D eigenvalue weighted by atomic mass is 9.90.